The Bertz CT molecular complexity index is 261. The highest BCUT2D eigenvalue weighted by Gasteiger charge is 2.35. The molecule has 0 rings (SSSR count). The molecule has 0 radical (unpaired) electrons. The molecule has 88 valence electrons. The Hall–Kier alpha value is -0.130. The van der Waals surface area contributed by atoms with E-state index in [1.165, 1.54) is 0 Å². The Morgan fingerprint density at radius 2 is 1.47 bits per heavy atom. The number of halogens is 1. The van der Waals surface area contributed by atoms with Gasteiger partial charge in [-0.2, -0.15) is 0 Å². The Balaban J connectivity index is 4.92. The van der Waals surface area contributed by atoms with Gasteiger partial charge < -0.3 is 4.90 Å². The van der Waals surface area contributed by atoms with Gasteiger partial charge in [0.15, 0.2) is 0 Å². The molecule has 0 bridgehead atoms. The van der Waals surface area contributed by atoms with Crippen molar-refractivity contribution >= 4 is 34.3 Å². The minimum atomic E-state index is -0.605. The van der Waals surface area contributed by atoms with E-state index < -0.39 is 5.41 Å². The molecule has 0 fully saturated rings. The van der Waals surface area contributed by atoms with E-state index in [4.69, 9.17) is 0 Å². The molecule has 4 heteroatoms. The second-order valence-electron chi connectivity index (χ2n) is 5.60. The highest BCUT2D eigenvalue weighted by molar-refractivity contribution is 14.1. The van der Waals surface area contributed by atoms with Crippen LogP contribution in [0.3, 0.4) is 0 Å². The normalized spacial score (nSPS) is 12.5. The molecule has 3 nitrogen and oxygen atoms in total. The van der Waals surface area contributed by atoms with Crippen molar-refractivity contribution in [3.05, 3.63) is 0 Å². The number of alkyl halides is 1. The first kappa shape index (κ1) is 14.9. The van der Waals surface area contributed by atoms with Crippen LogP contribution in [-0.2, 0) is 9.59 Å². The Labute approximate surface area is 106 Å². The summed E-state index contributed by atoms with van der Waals surface area (Å²) < 4.78 is 0.530. The predicted octanol–water partition coefficient (Wildman–Crippen LogP) is 2.62. The molecule has 0 aliphatic carbocycles. The maximum Gasteiger partial charge on any atom is 0.291 e. The second kappa shape index (κ2) is 4.80. The van der Waals surface area contributed by atoms with E-state index in [9.17, 15) is 9.59 Å². The van der Waals surface area contributed by atoms with Gasteiger partial charge in [-0.15, -0.1) is 0 Å². The highest BCUT2D eigenvalue weighted by atomic mass is 127. The van der Waals surface area contributed by atoms with Crippen LogP contribution < -0.4 is 0 Å². The summed E-state index contributed by atoms with van der Waals surface area (Å²) in [7, 11) is 0. The predicted molar refractivity (Wildman–Crippen MR) is 69.9 cm³/mol. The summed E-state index contributed by atoms with van der Waals surface area (Å²) in [6, 6.07) is 0. The zero-order valence-corrected chi connectivity index (χ0v) is 12.5. The van der Waals surface area contributed by atoms with Crippen LogP contribution in [-0.4, -0.2) is 26.7 Å². The lowest BCUT2D eigenvalue weighted by atomic mass is 9.89. The van der Waals surface area contributed by atoms with Crippen molar-refractivity contribution in [2.45, 2.75) is 47.1 Å². The summed E-state index contributed by atoms with van der Waals surface area (Å²) in [5.41, 5.74) is -0.911. The Kier molecular flexibility index (Phi) is 4.76. The van der Waals surface area contributed by atoms with Crippen LogP contribution in [0.4, 0.5) is 0 Å². The number of Topliss-reactive ketones (excluding diaryl/α,β-unsaturated/α-hetero) is 1. The van der Waals surface area contributed by atoms with Crippen LogP contribution in [0, 0.1) is 5.41 Å². The molecule has 0 aliphatic rings. The van der Waals surface area contributed by atoms with E-state index in [0.29, 0.717) is 4.55 Å². The van der Waals surface area contributed by atoms with Gasteiger partial charge in [0.2, 0.25) is 5.78 Å². The van der Waals surface area contributed by atoms with Crippen LogP contribution in [0.25, 0.3) is 0 Å². The van der Waals surface area contributed by atoms with E-state index in [1.807, 2.05) is 20.8 Å². The quantitative estimate of drug-likeness (QED) is 0.339. The maximum atomic E-state index is 11.9. The Morgan fingerprint density at radius 3 is 1.67 bits per heavy atom. The van der Waals surface area contributed by atoms with Crippen molar-refractivity contribution in [3.63, 3.8) is 0 Å². The van der Waals surface area contributed by atoms with Crippen LogP contribution in [0.2, 0.25) is 0 Å². The van der Waals surface area contributed by atoms with Gasteiger partial charge in [-0.25, -0.2) is 0 Å². The van der Waals surface area contributed by atoms with Crippen LogP contribution in [0.5, 0.6) is 0 Å². The van der Waals surface area contributed by atoms with Crippen LogP contribution in [0.15, 0.2) is 0 Å². The number of rotatable bonds is 2. The van der Waals surface area contributed by atoms with Gasteiger partial charge in [0.25, 0.3) is 5.91 Å². The molecular formula is C11H20INO2. The topological polar surface area (TPSA) is 37.4 Å². The molecule has 0 saturated carbocycles. The molecule has 0 unspecified atom stereocenters. The fourth-order valence-electron chi connectivity index (χ4n) is 0.982. The van der Waals surface area contributed by atoms with Gasteiger partial charge in [-0.05, 0) is 20.8 Å². The molecular weight excluding hydrogens is 305 g/mol. The number of hydrogen-bond donors (Lipinski definition) is 0. The number of ketones is 1. The van der Waals surface area contributed by atoms with Crippen molar-refractivity contribution in [1.82, 2.24) is 4.90 Å². The lowest BCUT2D eigenvalue weighted by molar-refractivity contribution is -0.150. The fourth-order valence-corrected chi connectivity index (χ4v) is 2.31. The van der Waals surface area contributed by atoms with Crippen LogP contribution >= 0.6 is 22.6 Å². The zero-order chi connectivity index (χ0) is 12.4. The lowest BCUT2D eigenvalue weighted by Crippen LogP contribution is -2.50. The summed E-state index contributed by atoms with van der Waals surface area (Å²) in [6.07, 6.45) is 0. The molecule has 0 aromatic heterocycles. The summed E-state index contributed by atoms with van der Waals surface area (Å²) in [5, 5.41) is 0. The van der Waals surface area contributed by atoms with Crippen molar-refractivity contribution in [2.24, 2.45) is 5.41 Å². The summed E-state index contributed by atoms with van der Waals surface area (Å²) in [6.45, 7) is 11.1. The third kappa shape index (κ3) is 4.09. The van der Waals surface area contributed by atoms with Crippen molar-refractivity contribution in [3.8, 4) is 0 Å². The number of carbonyl (C=O) groups is 2. The monoisotopic (exact) mass is 325 g/mol. The average Bonchev–Trinajstić information content (AvgIpc) is 1.99. The second-order valence-corrected chi connectivity index (χ2v) is 6.28. The summed E-state index contributed by atoms with van der Waals surface area (Å²) in [5.74, 6) is -0.710. The summed E-state index contributed by atoms with van der Waals surface area (Å²) in [4.78, 5) is 25.4. The maximum absolute atomic E-state index is 11.9. The van der Waals surface area contributed by atoms with Gasteiger partial charge in [-0.1, -0.05) is 43.4 Å². The SMILES string of the molecule is CC(C)(C)C(=O)C(=O)N(CI)C(C)(C)C. The third-order valence-corrected chi connectivity index (χ3v) is 2.73. The first-order valence-corrected chi connectivity index (χ1v) is 6.46. The Morgan fingerprint density at radius 1 is 1.07 bits per heavy atom. The largest absolute Gasteiger partial charge is 0.322 e. The van der Waals surface area contributed by atoms with Crippen molar-refractivity contribution < 1.29 is 9.59 Å². The van der Waals surface area contributed by atoms with E-state index >= 15 is 0 Å². The molecule has 0 saturated heterocycles. The number of amides is 1. The minimum Gasteiger partial charge on any atom is -0.322 e. The molecule has 0 aromatic rings. The smallest absolute Gasteiger partial charge is 0.291 e. The van der Waals surface area contributed by atoms with Crippen LogP contribution in [0.1, 0.15) is 41.5 Å². The van der Waals surface area contributed by atoms with E-state index in [-0.39, 0.29) is 17.2 Å². The number of nitrogens with zero attached hydrogens (tertiary/aromatic N) is 1. The van der Waals surface area contributed by atoms with Gasteiger partial charge >= 0.3 is 0 Å². The number of carbonyl (C=O) groups excluding carboxylic acids is 2. The lowest BCUT2D eigenvalue weighted by Gasteiger charge is -2.35. The van der Waals surface area contributed by atoms with E-state index in [2.05, 4.69) is 22.6 Å². The zero-order valence-electron chi connectivity index (χ0n) is 10.3. The molecule has 0 aliphatic heterocycles. The van der Waals surface area contributed by atoms with Gasteiger partial charge in [-0.3, -0.25) is 9.59 Å². The molecule has 0 atom stereocenters. The standard InChI is InChI=1S/C11H20INO2/c1-10(2,3)8(14)9(15)13(7-12)11(4,5)6/h7H2,1-6H3. The van der Waals surface area contributed by atoms with E-state index in [0.717, 1.165) is 0 Å². The first-order chi connectivity index (χ1) is 6.51. The third-order valence-electron chi connectivity index (χ3n) is 2.05. The van der Waals surface area contributed by atoms with Gasteiger partial charge in [0.1, 0.15) is 0 Å². The van der Waals surface area contributed by atoms with Gasteiger partial charge in [0, 0.05) is 11.0 Å². The molecule has 1 amide bonds. The van der Waals surface area contributed by atoms with E-state index in [1.54, 1.807) is 25.7 Å². The average molecular weight is 325 g/mol. The minimum absolute atomic E-state index is 0.306. The van der Waals surface area contributed by atoms with Gasteiger partial charge in [0.05, 0.1) is 4.55 Å². The van der Waals surface area contributed by atoms with Crippen molar-refractivity contribution in [1.29, 1.82) is 0 Å². The molecule has 15 heavy (non-hydrogen) atoms. The molecule has 0 N–H and O–H groups in total. The molecule has 0 heterocycles. The molecule has 0 spiro atoms. The first-order valence-electron chi connectivity index (χ1n) is 4.94. The summed E-state index contributed by atoms with van der Waals surface area (Å²) >= 11 is 2.10. The highest BCUT2D eigenvalue weighted by Crippen LogP contribution is 2.21. The molecule has 0 aromatic carbocycles. The fraction of sp³-hybridized carbons (Fsp3) is 0.818. The van der Waals surface area contributed by atoms with Crippen molar-refractivity contribution in [2.75, 3.05) is 4.55 Å². The number of hydrogen-bond acceptors (Lipinski definition) is 2.